The third-order valence-electron chi connectivity index (χ3n) is 5.39. The van der Waals surface area contributed by atoms with Gasteiger partial charge >= 0.3 is 0 Å². The van der Waals surface area contributed by atoms with Gasteiger partial charge in [0.25, 0.3) is 0 Å². The molecule has 0 saturated carbocycles. The summed E-state index contributed by atoms with van der Waals surface area (Å²) in [6, 6.07) is 25.4. The largest absolute Gasteiger partial charge is 0.366 e. The minimum atomic E-state index is 0.692. The van der Waals surface area contributed by atoms with Gasteiger partial charge in [-0.1, -0.05) is 91.0 Å². The molecule has 3 aromatic carbocycles. The van der Waals surface area contributed by atoms with Crippen LogP contribution in [0, 0.1) is 6.92 Å². The number of aryl methyl sites for hydroxylation is 1. The first-order valence-corrected chi connectivity index (χ1v) is 11.2. The molecular formula is C30H29N3. The number of fused-ring (bicyclic) bond motifs is 1. The predicted molar refractivity (Wildman–Crippen MR) is 141 cm³/mol. The van der Waals surface area contributed by atoms with E-state index in [1.54, 1.807) is 0 Å². The average Bonchev–Trinajstić information content (AvgIpc) is 2.82. The second kappa shape index (κ2) is 10.1. The summed E-state index contributed by atoms with van der Waals surface area (Å²) in [5, 5.41) is 5.89. The highest BCUT2D eigenvalue weighted by atomic mass is 15.0. The zero-order valence-corrected chi connectivity index (χ0v) is 19.5. The fraction of sp³-hybridized carbons (Fsp3) is 0.133. The molecule has 3 heteroatoms. The number of benzene rings is 3. The number of rotatable bonds is 7. The van der Waals surface area contributed by atoms with Gasteiger partial charge in [-0.3, -0.25) is 0 Å². The van der Waals surface area contributed by atoms with Gasteiger partial charge in [-0.2, -0.15) is 0 Å². The van der Waals surface area contributed by atoms with E-state index in [4.69, 9.17) is 0 Å². The highest BCUT2D eigenvalue weighted by Crippen LogP contribution is 2.25. The molecule has 1 heterocycles. The lowest BCUT2D eigenvalue weighted by Crippen LogP contribution is -2.04. The first-order valence-electron chi connectivity index (χ1n) is 11.2. The average molecular weight is 432 g/mol. The number of hydrogen-bond acceptors (Lipinski definition) is 3. The van der Waals surface area contributed by atoms with Crippen LogP contribution in [-0.2, 0) is 6.54 Å². The molecule has 0 saturated heterocycles. The normalized spacial score (nSPS) is 11.8. The second-order valence-electron chi connectivity index (χ2n) is 8.24. The summed E-state index contributed by atoms with van der Waals surface area (Å²) in [7, 11) is 0. The molecule has 0 aliphatic rings. The van der Waals surface area contributed by atoms with Crippen molar-refractivity contribution in [2.24, 2.45) is 0 Å². The summed E-state index contributed by atoms with van der Waals surface area (Å²) in [4.78, 5) is 9.26. The maximum atomic E-state index is 4.67. The van der Waals surface area contributed by atoms with E-state index < -0.39 is 0 Å². The van der Waals surface area contributed by atoms with Crippen molar-refractivity contribution in [3.63, 3.8) is 0 Å². The Hall–Kier alpha value is -3.98. The van der Waals surface area contributed by atoms with E-state index >= 15 is 0 Å². The van der Waals surface area contributed by atoms with Gasteiger partial charge < -0.3 is 5.32 Å². The fourth-order valence-corrected chi connectivity index (χ4v) is 3.84. The second-order valence-corrected chi connectivity index (χ2v) is 8.24. The minimum Gasteiger partial charge on any atom is -0.366 e. The van der Waals surface area contributed by atoms with E-state index in [-0.39, 0.29) is 0 Å². The summed E-state index contributed by atoms with van der Waals surface area (Å²) in [5.74, 6) is 1.57. The summed E-state index contributed by atoms with van der Waals surface area (Å²) >= 11 is 0. The van der Waals surface area contributed by atoms with Crippen LogP contribution in [0.5, 0.6) is 0 Å². The minimum absolute atomic E-state index is 0.692. The van der Waals surface area contributed by atoms with Gasteiger partial charge in [0.15, 0.2) is 0 Å². The Balaban J connectivity index is 1.52. The van der Waals surface area contributed by atoms with Crippen molar-refractivity contribution >= 4 is 22.2 Å². The lowest BCUT2D eigenvalue weighted by atomic mass is 10.0. The van der Waals surface area contributed by atoms with E-state index in [0.29, 0.717) is 6.54 Å². The molecule has 4 rings (SSSR count). The molecule has 0 atom stereocenters. The molecule has 164 valence electrons. The Morgan fingerprint density at radius 3 is 2.42 bits per heavy atom. The van der Waals surface area contributed by atoms with Gasteiger partial charge in [0.05, 0.1) is 5.69 Å². The summed E-state index contributed by atoms with van der Waals surface area (Å²) in [5.41, 5.74) is 6.58. The monoisotopic (exact) mass is 431 g/mol. The van der Waals surface area contributed by atoms with E-state index in [1.165, 1.54) is 21.9 Å². The van der Waals surface area contributed by atoms with Crippen LogP contribution in [0.1, 0.15) is 30.8 Å². The Morgan fingerprint density at radius 2 is 1.70 bits per heavy atom. The van der Waals surface area contributed by atoms with E-state index in [2.05, 4.69) is 107 Å². The Morgan fingerprint density at radius 1 is 0.939 bits per heavy atom. The molecule has 4 aromatic rings. The molecule has 33 heavy (non-hydrogen) atoms. The predicted octanol–water partition coefficient (Wildman–Crippen LogP) is 7.75. The van der Waals surface area contributed by atoms with Crippen molar-refractivity contribution < 1.29 is 0 Å². The van der Waals surface area contributed by atoms with Crippen molar-refractivity contribution in [3.05, 3.63) is 120 Å². The van der Waals surface area contributed by atoms with Gasteiger partial charge in [0, 0.05) is 18.2 Å². The Bertz CT molecular complexity index is 1340. The summed E-state index contributed by atoms with van der Waals surface area (Å²) in [6.07, 6.45) is 6.26. The van der Waals surface area contributed by atoms with Gasteiger partial charge in [-0.05, 0) is 54.3 Å². The van der Waals surface area contributed by atoms with Gasteiger partial charge in [0.1, 0.15) is 11.6 Å². The van der Waals surface area contributed by atoms with Crippen LogP contribution in [0.15, 0.2) is 103 Å². The number of nitrogens with zero attached hydrogens (tertiary/aromatic N) is 2. The molecule has 0 aliphatic heterocycles. The van der Waals surface area contributed by atoms with Gasteiger partial charge in [0.2, 0.25) is 0 Å². The molecule has 0 aliphatic carbocycles. The topological polar surface area (TPSA) is 37.8 Å². The Kier molecular flexibility index (Phi) is 6.80. The van der Waals surface area contributed by atoms with Gasteiger partial charge in [-0.25, -0.2) is 9.97 Å². The van der Waals surface area contributed by atoms with Crippen LogP contribution in [0.25, 0.3) is 27.6 Å². The van der Waals surface area contributed by atoms with Crippen molar-refractivity contribution in [3.8, 4) is 11.3 Å². The molecule has 0 radical (unpaired) electrons. The lowest BCUT2D eigenvalue weighted by Gasteiger charge is -2.10. The van der Waals surface area contributed by atoms with Crippen LogP contribution in [0.3, 0.4) is 0 Å². The van der Waals surface area contributed by atoms with E-state index in [9.17, 15) is 0 Å². The van der Waals surface area contributed by atoms with Crippen LogP contribution < -0.4 is 5.32 Å². The highest BCUT2D eigenvalue weighted by molar-refractivity contribution is 5.87. The first-order chi connectivity index (χ1) is 16.0. The van der Waals surface area contributed by atoms with E-state index in [1.807, 2.05) is 26.8 Å². The maximum absolute atomic E-state index is 4.67. The first kappa shape index (κ1) is 22.2. The number of anilines is 1. The van der Waals surface area contributed by atoms with Gasteiger partial charge in [-0.15, -0.1) is 0 Å². The van der Waals surface area contributed by atoms with Crippen LogP contribution in [-0.4, -0.2) is 9.97 Å². The van der Waals surface area contributed by atoms with Crippen LogP contribution in [0.4, 0.5) is 5.82 Å². The molecule has 0 bridgehead atoms. The zero-order valence-electron chi connectivity index (χ0n) is 19.5. The number of nitrogens with one attached hydrogen (secondary N) is 1. The quantitative estimate of drug-likeness (QED) is 0.304. The SMILES string of the molecule is C=C(C)/C=C(\C=C/C)c1ccc(CNc2cc(-c3ccc4ccccc4c3)nc(C)n2)cc1. The van der Waals surface area contributed by atoms with Crippen molar-refractivity contribution in [1.29, 1.82) is 0 Å². The Labute approximate surface area is 196 Å². The number of hydrogen-bond donors (Lipinski definition) is 1. The third-order valence-corrected chi connectivity index (χ3v) is 5.39. The lowest BCUT2D eigenvalue weighted by molar-refractivity contribution is 1.03. The summed E-state index contributed by atoms with van der Waals surface area (Å²) in [6.45, 7) is 10.7. The molecule has 1 N–H and O–H groups in total. The van der Waals surface area contributed by atoms with E-state index in [0.717, 1.165) is 34.0 Å². The molecule has 0 amide bonds. The summed E-state index contributed by atoms with van der Waals surface area (Å²) < 4.78 is 0. The standard InChI is InChI=1S/C30H29N3/c1-5-8-26(17-21(2)3)25-13-11-23(12-14-25)20-31-30-19-29(32-22(4)33-30)28-16-15-24-9-6-7-10-27(24)18-28/h5-19H,2,20H2,1,3-4H3,(H,31,32,33)/b8-5-,26-17+. The highest BCUT2D eigenvalue weighted by Gasteiger charge is 2.06. The molecule has 0 unspecified atom stereocenters. The third kappa shape index (κ3) is 5.64. The van der Waals surface area contributed by atoms with Crippen molar-refractivity contribution in [2.45, 2.75) is 27.3 Å². The number of aromatic nitrogens is 2. The van der Waals surface area contributed by atoms with Crippen LogP contribution in [0.2, 0.25) is 0 Å². The molecule has 0 fully saturated rings. The molecule has 1 aromatic heterocycles. The zero-order chi connectivity index (χ0) is 23.2. The molecular weight excluding hydrogens is 402 g/mol. The van der Waals surface area contributed by atoms with Crippen molar-refractivity contribution in [1.82, 2.24) is 9.97 Å². The molecule has 3 nitrogen and oxygen atoms in total. The maximum Gasteiger partial charge on any atom is 0.130 e. The van der Waals surface area contributed by atoms with Crippen molar-refractivity contribution in [2.75, 3.05) is 5.32 Å². The smallest absolute Gasteiger partial charge is 0.130 e. The van der Waals surface area contributed by atoms with Crippen LogP contribution >= 0.6 is 0 Å². The fourth-order valence-electron chi connectivity index (χ4n) is 3.84. The molecule has 0 spiro atoms. The number of allylic oxidation sites excluding steroid dienone is 5.